The van der Waals surface area contributed by atoms with E-state index in [2.05, 4.69) is 19.2 Å². The van der Waals surface area contributed by atoms with E-state index in [0.29, 0.717) is 12.0 Å². The van der Waals surface area contributed by atoms with E-state index < -0.39 is 0 Å². The first-order valence-corrected chi connectivity index (χ1v) is 7.30. The van der Waals surface area contributed by atoms with Gasteiger partial charge in [-0.05, 0) is 38.1 Å². The number of ether oxygens (including phenoxy) is 1. The highest BCUT2D eigenvalue weighted by Crippen LogP contribution is 2.20. The Kier molecular flexibility index (Phi) is 5.01. The maximum Gasteiger partial charge on any atom is 0.251 e. The van der Waals surface area contributed by atoms with E-state index in [1.54, 1.807) is 0 Å². The molecule has 0 aliphatic carbocycles. The van der Waals surface area contributed by atoms with Gasteiger partial charge in [-0.3, -0.25) is 4.79 Å². The number of hydrogen-bond donors (Lipinski definition) is 1. The molecule has 104 valence electrons. The lowest BCUT2D eigenvalue weighted by atomic mass is 9.97. The predicted octanol–water partition coefficient (Wildman–Crippen LogP) is 1.40. The zero-order chi connectivity index (χ0) is 13.0. The molecule has 0 aromatic heterocycles. The van der Waals surface area contributed by atoms with Crippen molar-refractivity contribution in [1.29, 1.82) is 0 Å². The van der Waals surface area contributed by atoms with E-state index in [9.17, 15) is 4.79 Å². The number of piperidine rings is 1. The van der Waals surface area contributed by atoms with Gasteiger partial charge in [0.15, 0.2) is 0 Å². The first kappa shape index (κ1) is 13.8. The van der Waals surface area contributed by atoms with Crippen molar-refractivity contribution >= 4 is 5.91 Å². The standard InChI is InChI=1S/C14H26N2O2/c1-11(2)15-9-12-5-3-7-16(10-12)14(17)13-6-4-8-18-13/h11-13,15H,3-10H2,1-2H3/t12?,13-/m1/s1. The van der Waals surface area contributed by atoms with Crippen LogP contribution in [0.4, 0.5) is 0 Å². The average Bonchev–Trinajstić information content (AvgIpc) is 2.89. The number of likely N-dealkylation sites (tertiary alicyclic amines) is 1. The lowest BCUT2D eigenvalue weighted by molar-refractivity contribution is -0.142. The van der Waals surface area contributed by atoms with Gasteiger partial charge in [0, 0.05) is 25.7 Å². The van der Waals surface area contributed by atoms with Crippen LogP contribution in [0.25, 0.3) is 0 Å². The fraction of sp³-hybridized carbons (Fsp3) is 0.929. The van der Waals surface area contributed by atoms with Crippen LogP contribution in [0.15, 0.2) is 0 Å². The Hall–Kier alpha value is -0.610. The monoisotopic (exact) mass is 254 g/mol. The summed E-state index contributed by atoms with van der Waals surface area (Å²) < 4.78 is 5.49. The largest absolute Gasteiger partial charge is 0.368 e. The van der Waals surface area contributed by atoms with Crippen molar-refractivity contribution in [2.75, 3.05) is 26.2 Å². The Bertz CT molecular complexity index is 275. The number of amides is 1. The summed E-state index contributed by atoms with van der Waals surface area (Å²) in [6.45, 7) is 7.92. The summed E-state index contributed by atoms with van der Waals surface area (Å²) in [5.41, 5.74) is 0. The molecule has 1 N–H and O–H groups in total. The molecule has 2 aliphatic heterocycles. The Labute approximate surface area is 110 Å². The fourth-order valence-electron chi connectivity index (χ4n) is 2.81. The highest BCUT2D eigenvalue weighted by Gasteiger charge is 2.31. The third-order valence-corrected chi connectivity index (χ3v) is 3.85. The van der Waals surface area contributed by atoms with Gasteiger partial charge in [-0.25, -0.2) is 0 Å². The molecule has 4 nitrogen and oxygen atoms in total. The number of nitrogens with one attached hydrogen (secondary N) is 1. The number of rotatable bonds is 4. The molecule has 2 fully saturated rings. The van der Waals surface area contributed by atoms with Gasteiger partial charge in [0.25, 0.3) is 5.91 Å². The van der Waals surface area contributed by atoms with Crippen LogP contribution in [-0.4, -0.2) is 49.2 Å². The van der Waals surface area contributed by atoms with Crippen molar-refractivity contribution in [3.8, 4) is 0 Å². The van der Waals surface area contributed by atoms with E-state index in [1.807, 2.05) is 4.90 Å². The SMILES string of the molecule is CC(C)NCC1CCCN(C(=O)[C@H]2CCCO2)C1. The second kappa shape index (κ2) is 6.53. The highest BCUT2D eigenvalue weighted by atomic mass is 16.5. The Morgan fingerprint density at radius 3 is 2.89 bits per heavy atom. The Balaban J connectivity index is 1.80. The van der Waals surface area contributed by atoms with Gasteiger partial charge < -0.3 is 15.0 Å². The summed E-state index contributed by atoms with van der Waals surface area (Å²) in [7, 11) is 0. The van der Waals surface area contributed by atoms with Crippen molar-refractivity contribution < 1.29 is 9.53 Å². The summed E-state index contributed by atoms with van der Waals surface area (Å²) >= 11 is 0. The molecular formula is C14H26N2O2. The summed E-state index contributed by atoms with van der Waals surface area (Å²) in [4.78, 5) is 14.3. The molecule has 4 heteroatoms. The topological polar surface area (TPSA) is 41.6 Å². The number of nitrogens with zero attached hydrogens (tertiary/aromatic N) is 1. The van der Waals surface area contributed by atoms with Gasteiger partial charge in [0.05, 0.1) is 0 Å². The number of carbonyl (C=O) groups is 1. The van der Waals surface area contributed by atoms with E-state index in [0.717, 1.165) is 45.5 Å². The van der Waals surface area contributed by atoms with E-state index >= 15 is 0 Å². The molecule has 0 aromatic rings. The minimum absolute atomic E-state index is 0.151. The summed E-state index contributed by atoms with van der Waals surface area (Å²) in [6.07, 6.45) is 4.15. The lowest BCUT2D eigenvalue weighted by Gasteiger charge is -2.34. The molecule has 2 heterocycles. The van der Waals surface area contributed by atoms with E-state index in [-0.39, 0.29) is 12.0 Å². The first-order valence-electron chi connectivity index (χ1n) is 7.30. The maximum absolute atomic E-state index is 12.3. The second-order valence-corrected chi connectivity index (χ2v) is 5.86. The van der Waals surface area contributed by atoms with Crippen molar-refractivity contribution in [2.45, 2.75) is 51.7 Å². The van der Waals surface area contributed by atoms with Crippen LogP contribution >= 0.6 is 0 Å². The van der Waals surface area contributed by atoms with Crippen molar-refractivity contribution in [1.82, 2.24) is 10.2 Å². The Morgan fingerprint density at radius 2 is 2.22 bits per heavy atom. The summed E-state index contributed by atoms with van der Waals surface area (Å²) in [5, 5.41) is 3.47. The number of carbonyl (C=O) groups excluding carboxylic acids is 1. The smallest absolute Gasteiger partial charge is 0.251 e. The van der Waals surface area contributed by atoms with Gasteiger partial charge in [0.2, 0.25) is 0 Å². The molecular weight excluding hydrogens is 228 g/mol. The van der Waals surface area contributed by atoms with Crippen molar-refractivity contribution in [3.63, 3.8) is 0 Å². The van der Waals surface area contributed by atoms with E-state index in [4.69, 9.17) is 4.74 Å². The maximum atomic E-state index is 12.3. The van der Waals surface area contributed by atoms with Gasteiger partial charge >= 0.3 is 0 Å². The lowest BCUT2D eigenvalue weighted by Crippen LogP contribution is -2.47. The van der Waals surface area contributed by atoms with Crippen LogP contribution in [0.5, 0.6) is 0 Å². The van der Waals surface area contributed by atoms with Crippen LogP contribution in [0.3, 0.4) is 0 Å². The molecule has 2 rings (SSSR count). The van der Waals surface area contributed by atoms with Crippen molar-refractivity contribution in [2.24, 2.45) is 5.92 Å². The zero-order valence-corrected chi connectivity index (χ0v) is 11.7. The molecule has 0 bridgehead atoms. The summed E-state index contributed by atoms with van der Waals surface area (Å²) in [5.74, 6) is 0.827. The van der Waals surface area contributed by atoms with Gasteiger partial charge in [0.1, 0.15) is 6.10 Å². The first-order chi connectivity index (χ1) is 8.66. The quantitative estimate of drug-likeness (QED) is 0.824. The minimum Gasteiger partial charge on any atom is -0.368 e. The van der Waals surface area contributed by atoms with Gasteiger partial charge in [-0.15, -0.1) is 0 Å². The zero-order valence-electron chi connectivity index (χ0n) is 11.7. The van der Waals surface area contributed by atoms with Crippen LogP contribution in [-0.2, 0) is 9.53 Å². The van der Waals surface area contributed by atoms with Crippen LogP contribution < -0.4 is 5.32 Å². The van der Waals surface area contributed by atoms with Crippen LogP contribution in [0, 0.1) is 5.92 Å². The van der Waals surface area contributed by atoms with Crippen LogP contribution in [0.1, 0.15) is 39.5 Å². The number of hydrogen-bond acceptors (Lipinski definition) is 3. The Morgan fingerprint density at radius 1 is 1.39 bits per heavy atom. The normalized spacial score (nSPS) is 28.9. The molecule has 1 amide bonds. The third kappa shape index (κ3) is 3.69. The second-order valence-electron chi connectivity index (χ2n) is 5.86. The molecule has 0 aromatic carbocycles. The van der Waals surface area contributed by atoms with Gasteiger partial charge in [-0.2, -0.15) is 0 Å². The molecule has 0 saturated carbocycles. The van der Waals surface area contributed by atoms with Crippen LogP contribution in [0.2, 0.25) is 0 Å². The average molecular weight is 254 g/mol. The molecule has 18 heavy (non-hydrogen) atoms. The molecule has 2 aliphatic rings. The highest BCUT2D eigenvalue weighted by molar-refractivity contribution is 5.81. The predicted molar refractivity (Wildman–Crippen MR) is 71.4 cm³/mol. The third-order valence-electron chi connectivity index (χ3n) is 3.85. The molecule has 2 saturated heterocycles. The van der Waals surface area contributed by atoms with E-state index in [1.165, 1.54) is 6.42 Å². The molecule has 1 unspecified atom stereocenters. The fourth-order valence-corrected chi connectivity index (χ4v) is 2.81. The van der Waals surface area contributed by atoms with Gasteiger partial charge in [-0.1, -0.05) is 13.8 Å². The molecule has 2 atom stereocenters. The molecule has 0 spiro atoms. The summed E-state index contributed by atoms with van der Waals surface area (Å²) in [6, 6.07) is 0.522. The van der Waals surface area contributed by atoms with Crippen molar-refractivity contribution in [3.05, 3.63) is 0 Å². The molecule has 0 radical (unpaired) electrons. The minimum atomic E-state index is -0.151.